The van der Waals surface area contributed by atoms with Gasteiger partial charge < -0.3 is 0 Å². The molecule has 1 nitrogen and oxygen atoms in total. The number of halogens is 2. The maximum absolute atomic E-state index is 6.16. The Kier molecular flexibility index (Phi) is 4.94. The molecule has 0 spiro atoms. The van der Waals surface area contributed by atoms with Gasteiger partial charge in [0.15, 0.2) is 0 Å². The summed E-state index contributed by atoms with van der Waals surface area (Å²) in [5.74, 6) is 1.08. The summed E-state index contributed by atoms with van der Waals surface area (Å²) in [7, 11) is 0. The van der Waals surface area contributed by atoms with E-state index in [1.54, 1.807) is 11.3 Å². The summed E-state index contributed by atoms with van der Waals surface area (Å²) in [5.41, 5.74) is 2.42. The molecule has 1 atom stereocenters. The lowest BCUT2D eigenvalue weighted by atomic mass is 9.98. The predicted molar refractivity (Wildman–Crippen MR) is 95.4 cm³/mol. The number of alkyl halides is 1. The summed E-state index contributed by atoms with van der Waals surface area (Å²) in [6.07, 6.45) is 1.94. The molecule has 0 aliphatic rings. The normalized spacial score (nSPS) is 12.7. The van der Waals surface area contributed by atoms with Crippen LogP contribution >= 0.6 is 38.9 Å². The van der Waals surface area contributed by atoms with Crippen LogP contribution in [0, 0.1) is 5.92 Å². The van der Waals surface area contributed by atoms with E-state index in [-0.39, 0.29) is 0 Å². The molecule has 0 fully saturated rings. The van der Waals surface area contributed by atoms with Crippen LogP contribution < -0.4 is 0 Å². The Morgan fingerprint density at radius 2 is 1.81 bits per heavy atom. The van der Waals surface area contributed by atoms with Crippen molar-refractivity contribution in [2.75, 3.05) is 5.88 Å². The summed E-state index contributed by atoms with van der Waals surface area (Å²) in [6.45, 7) is 0. The maximum atomic E-state index is 6.16. The van der Waals surface area contributed by atoms with Crippen molar-refractivity contribution in [2.45, 2.75) is 12.8 Å². The van der Waals surface area contributed by atoms with E-state index in [1.807, 2.05) is 6.07 Å². The van der Waals surface area contributed by atoms with Crippen molar-refractivity contribution < 1.29 is 0 Å². The van der Waals surface area contributed by atoms with Crippen molar-refractivity contribution in [3.8, 4) is 0 Å². The first-order valence-corrected chi connectivity index (χ1v) is 9.04. The van der Waals surface area contributed by atoms with Gasteiger partial charge in [-0.25, -0.2) is 4.98 Å². The summed E-state index contributed by atoms with van der Waals surface area (Å²) >= 11 is 11.4. The quantitative estimate of drug-likeness (QED) is 0.517. The first-order valence-electron chi connectivity index (χ1n) is 6.89. The van der Waals surface area contributed by atoms with Crippen LogP contribution in [0.2, 0.25) is 0 Å². The van der Waals surface area contributed by atoms with Crippen LogP contribution in [0.3, 0.4) is 0 Å². The molecule has 0 aliphatic carbocycles. The van der Waals surface area contributed by atoms with Gasteiger partial charge in [-0.05, 0) is 42.2 Å². The minimum atomic E-state index is 0.424. The van der Waals surface area contributed by atoms with Crippen LogP contribution in [0.15, 0.2) is 53.0 Å². The van der Waals surface area contributed by atoms with Gasteiger partial charge in [0.05, 0.1) is 15.2 Å². The molecule has 3 aromatic rings. The Hall–Kier alpha value is -0.900. The second kappa shape index (κ2) is 6.91. The number of para-hydroxylation sites is 1. The highest BCUT2D eigenvalue weighted by molar-refractivity contribution is 9.10. The third kappa shape index (κ3) is 3.85. The fraction of sp³-hybridized carbons (Fsp3) is 0.235. The molecule has 21 heavy (non-hydrogen) atoms. The summed E-state index contributed by atoms with van der Waals surface area (Å²) < 4.78 is 2.37. The van der Waals surface area contributed by atoms with Crippen LogP contribution in [-0.4, -0.2) is 10.9 Å². The van der Waals surface area contributed by atoms with Crippen molar-refractivity contribution in [1.29, 1.82) is 0 Å². The van der Waals surface area contributed by atoms with Crippen LogP contribution in [0.25, 0.3) is 10.2 Å². The molecule has 0 N–H and O–H groups in total. The molecule has 0 saturated carbocycles. The third-order valence-electron chi connectivity index (χ3n) is 3.46. The third-order valence-corrected chi connectivity index (χ3v) is 5.48. The van der Waals surface area contributed by atoms with Gasteiger partial charge in [-0.15, -0.1) is 22.9 Å². The minimum absolute atomic E-state index is 0.424. The number of thiazole rings is 1. The smallest absolute Gasteiger partial charge is 0.0941 e. The van der Waals surface area contributed by atoms with Gasteiger partial charge in [-0.1, -0.05) is 40.2 Å². The SMILES string of the molecule is ClCC(Cc1ccc(Br)cc1)Cc1nc2ccccc2s1. The monoisotopic (exact) mass is 379 g/mol. The summed E-state index contributed by atoms with van der Waals surface area (Å²) in [5, 5.41) is 1.18. The van der Waals surface area contributed by atoms with Crippen molar-refractivity contribution in [2.24, 2.45) is 5.92 Å². The summed E-state index contributed by atoms with van der Waals surface area (Å²) in [6, 6.07) is 16.8. The predicted octanol–water partition coefficient (Wildman–Crippen LogP) is 5.70. The average molecular weight is 381 g/mol. The van der Waals surface area contributed by atoms with E-state index in [0.29, 0.717) is 11.8 Å². The highest BCUT2D eigenvalue weighted by atomic mass is 79.9. The average Bonchev–Trinajstić information content (AvgIpc) is 2.91. The number of rotatable bonds is 5. The van der Waals surface area contributed by atoms with E-state index in [2.05, 4.69) is 58.4 Å². The van der Waals surface area contributed by atoms with Crippen LogP contribution in [0.4, 0.5) is 0 Å². The van der Waals surface area contributed by atoms with E-state index in [9.17, 15) is 0 Å². The lowest BCUT2D eigenvalue weighted by Crippen LogP contribution is -2.10. The molecule has 1 heterocycles. The molecule has 0 radical (unpaired) electrons. The highest BCUT2D eigenvalue weighted by Gasteiger charge is 2.13. The Morgan fingerprint density at radius 3 is 2.52 bits per heavy atom. The molecular formula is C17H15BrClNS. The van der Waals surface area contributed by atoms with Crippen LogP contribution in [-0.2, 0) is 12.8 Å². The molecule has 3 rings (SSSR count). The van der Waals surface area contributed by atoms with Gasteiger partial charge in [0.1, 0.15) is 0 Å². The second-order valence-electron chi connectivity index (χ2n) is 5.13. The molecule has 0 saturated heterocycles. The lowest BCUT2D eigenvalue weighted by molar-refractivity contribution is 0.582. The number of aromatic nitrogens is 1. The van der Waals surface area contributed by atoms with Crippen LogP contribution in [0.5, 0.6) is 0 Å². The number of benzene rings is 2. The molecule has 0 bridgehead atoms. The Balaban J connectivity index is 1.73. The standard InChI is InChI=1S/C17H15BrClNS/c18-14-7-5-12(6-8-14)9-13(11-19)10-17-20-15-3-1-2-4-16(15)21-17/h1-8,13H,9-11H2. The van der Waals surface area contributed by atoms with Gasteiger partial charge in [0, 0.05) is 16.8 Å². The van der Waals surface area contributed by atoms with Gasteiger partial charge in [-0.3, -0.25) is 0 Å². The fourth-order valence-corrected chi connectivity index (χ4v) is 3.95. The molecule has 2 aromatic carbocycles. The molecule has 108 valence electrons. The van der Waals surface area contributed by atoms with E-state index in [1.165, 1.54) is 15.3 Å². The maximum Gasteiger partial charge on any atom is 0.0941 e. The topological polar surface area (TPSA) is 12.9 Å². The van der Waals surface area contributed by atoms with Gasteiger partial charge >= 0.3 is 0 Å². The number of fused-ring (bicyclic) bond motifs is 1. The first-order chi connectivity index (χ1) is 10.2. The second-order valence-corrected chi connectivity index (χ2v) is 7.47. The van der Waals surface area contributed by atoms with Gasteiger partial charge in [0.25, 0.3) is 0 Å². The first kappa shape index (κ1) is 15.0. The van der Waals surface area contributed by atoms with Crippen molar-refractivity contribution >= 4 is 49.1 Å². The van der Waals surface area contributed by atoms with E-state index < -0.39 is 0 Å². The highest BCUT2D eigenvalue weighted by Crippen LogP contribution is 2.25. The number of hydrogen-bond donors (Lipinski definition) is 0. The largest absolute Gasteiger partial charge is 0.241 e. The fourth-order valence-electron chi connectivity index (χ4n) is 2.39. The van der Waals surface area contributed by atoms with E-state index >= 15 is 0 Å². The lowest BCUT2D eigenvalue weighted by Gasteiger charge is -2.12. The zero-order valence-corrected chi connectivity index (χ0v) is 14.6. The number of hydrogen-bond acceptors (Lipinski definition) is 2. The van der Waals surface area contributed by atoms with Gasteiger partial charge in [0.2, 0.25) is 0 Å². The summed E-state index contributed by atoms with van der Waals surface area (Å²) in [4.78, 5) is 4.71. The Labute approximate surface area is 142 Å². The van der Waals surface area contributed by atoms with Gasteiger partial charge in [-0.2, -0.15) is 0 Å². The van der Waals surface area contributed by atoms with Crippen molar-refractivity contribution in [3.05, 3.63) is 63.6 Å². The van der Waals surface area contributed by atoms with E-state index in [0.717, 1.165) is 22.8 Å². The Bertz CT molecular complexity index is 690. The molecule has 0 amide bonds. The van der Waals surface area contributed by atoms with E-state index in [4.69, 9.17) is 16.6 Å². The molecule has 1 aromatic heterocycles. The minimum Gasteiger partial charge on any atom is -0.241 e. The molecule has 0 aliphatic heterocycles. The van der Waals surface area contributed by atoms with Crippen molar-refractivity contribution in [3.63, 3.8) is 0 Å². The van der Waals surface area contributed by atoms with Crippen LogP contribution in [0.1, 0.15) is 10.6 Å². The zero-order chi connectivity index (χ0) is 14.7. The Morgan fingerprint density at radius 1 is 1.05 bits per heavy atom. The van der Waals surface area contributed by atoms with Crippen molar-refractivity contribution in [1.82, 2.24) is 4.98 Å². The zero-order valence-electron chi connectivity index (χ0n) is 11.4. The molecular weight excluding hydrogens is 366 g/mol. The number of nitrogens with zero attached hydrogens (tertiary/aromatic N) is 1. The molecule has 1 unspecified atom stereocenters. The molecule has 4 heteroatoms.